The molecule has 1 aliphatic rings. The lowest BCUT2D eigenvalue weighted by Gasteiger charge is -2.24. The Kier molecular flexibility index (Phi) is 6.50. The minimum atomic E-state index is 0.140. The Morgan fingerprint density at radius 1 is 1.44 bits per heavy atom. The van der Waals surface area contributed by atoms with Crippen LogP contribution in [0.15, 0.2) is 54.5 Å². The second-order valence-corrected chi connectivity index (χ2v) is 7.57. The van der Waals surface area contributed by atoms with E-state index in [1.165, 1.54) is 5.57 Å². The Labute approximate surface area is 165 Å². The summed E-state index contributed by atoms with van der Waals surface area (Å²) in [6.45, 7) is 4.58. The van der Waals surface area contributed by atoms with E-state index < -0.39 is 0 Å². The van der Waals surface area contributed by atoms with E-state index in [1.54, 1.807) is 28.8 Å². The van der Waals surface area contributed by atoms with Crippen LogP contribution in [-0.4, -0.2) is 38.7 Å². The van der Waals surface area contributed by atoms with Gasteiger partial charge in [0.2, 0.25) is 5.91 Å². The van der Waals surface area contributed by atoms with Crippen LogP contribution in [0.2, 0.25) is 0 Å². The number of carbonyl (C=O) groups excluding carboxylic acids is 1. The Bertz CT molecular complexity index is 841. The first-order chi connectivity index (χ1) is 13.1. The van der Waals surface area contributed by atoms with Gasteiger partial charge in [-0.2, -0.15) is 16.9 Å². The molecule has 3 rings (SSSR count). The van der Waals surface area contributed by atoms with Gasteiger partial charge in [0, 0.05) is 24.4 Å². The molecule has 0 spiro atoms. The number of allylic oxidation sites excluding steroid dienone is 3. The molecule has 1 amide bonds. The van der Waals surface area contributed by atoms with E-state index >= 15 is 0 Å². The number of aromatic nitrogens is 3. The average molecular weight is 383 g/mol. The third-order valence-electron chi connectivity index (χ3n) is 4.80. The van der Waals surface area contributed by atoms with Gasteiger partial charge in [-0.25, -0.2) is 4.68 Å². The van der Waals surface area contributed by atoms with Gasteiger partial charge in [0.25, 0.3) is 0 Å². The van der Waals surface area contributed by atoms with Crippen molar-refractivity contribution in [2.75, 3.05) is 17.7 Å². The number of rotatable bonds is 7. The summed E-state index contributed by atoms with van der Waals surface area (Å²) in [6.07, 6.45) is 16.6. The third kappa shape index (κ3) is 4.50. The zero-order valence-corrected chi connectivity index (χ0v) is 16.9. The van der Waals surface area contributed by atoms with E-state index in [4.69, 9.17) is 0 Å². The van der Waals surface area contributed by atoms with Gasteiger partial charge in [0.05, 0.1) is 29.5 Å². The summed E-state index contributed by atoms with van der Waals surface area (Å²) in [5.41, 5.74) is 3.95. The highest BCUT2D eigenvalue weighted by Gasteiger charge is 2.24. The minimum absolute atomic E-state index is 0.140. The zero-order valence-electron chi connectivity index (χ0n) is 16.1. The standard InChI is InChI=1S/C21H26N4OS/c1-4-24(21(26)13-20(27-3)17-9-6-5-7-10-17)19-15-25(23-16(19)2)18-11-8-12-22-14-18/h5-6,8-9,11-12,14-15,20H,4,7,10,13H2,1-3H3. The molecule has 6 heteroatoms. The summed E-state index contributed by atoms with van der Waals surface area (Å²) in [4.78, 5) is 19.1. The molecule has 2 aromatic heterocycles. The molecule has 142 valence electrons. The number of hydrogen-bond donors (Lipinski definition) is 0. The number of carbonyl (C=O) groups is 1. The fraction of sp³-hybridized carbons (Fsp3) is 0.381. The van der Waals surface area contributed by atoms with Gasteiger partial charge >= 0.3 is 0 Å². The van der Waals surface area contributed by atoms with Crippen molar-refractivity contribution in [1.82, 2.24) is 14.8 Å². The lowest BCUT2D eigenvalue weighted by Crippen LogP contribution is -2.33. The van der Waals surface area contributed by atoms with Gasteiger partial charge in [-0.3, -0.25) is 9.78 Å². The highest BCUT2D eigenvalue weighted by Crippen LogP contribution is 2.29. The van der Waals surface area contributed by atoms with Gasteiger partial charge in [-0.05, 0) is 45.1 Å². The van der Waals surface area contributed by atoms with Crippen molar-refractivity contribution in [3.63, 3.8) is 0 Å². The number of thioether (sulfide) groups is 1. The Hall–Kier alpha value is -2.34. The molecule has 0 saturated heterocycles. The number of anilines is 1. The number of pyridine rings is 1. The van der Waals surface area contributed by atoms with E-state index in [9.17, 15) is 4.79 Å². The van der Waals surface area contributed by atoms with Crippen LogP contribution in [0.3, 0.4) is 0 Å². The fourth-order valence-corrected chi connectivity index (χ4v) is 4.15. The van der Waals surface area contributed by atoms with Crippen molar-refractivity contribution < 1.29 is 4.79 Å². The first kappa shape index (κ1) is 19.4. The van der Waals surface area contributed by atoms with Crippen molar-refractivity contribution in [2.24, 2.45) is 0 Å². The molecular formula is C21H26N4OS. The lowest BCUT2D eigenvalue weighted by atomic mass is 9.99. The predicted octanol–water partition coefficient (Wildman–Crippen LogP) is 4.33. The molecular weight excluding hydrogens is 356 g/mol. The number of aryl methyl sites for hydroxylation is 1. The number of nitrogens with zero attached hydrogens (tertiary/aromatic N) is 4. The van der Waals surface area contributed by atoms with Crippen LogP contribution in [0, 0.1) is 6.92 Å². The Balaban J connectivity index is 1.80. The van der Waals surface area contributed by atoms with Gasteiger partial charge < -0.3 is 4.90 Å². The maximum atomic E-state index is 13.1. The second-order valence-electron chi connectivity index (χ2n) is 6.53. The predicted molar refractivity (Wildman–Crippen MR) is 113 cm³/mol. The highest BCUT2D eigenvalue weighted by molar-refractivity contribution is 7.99. The SMILES string of the molecule is CCN(C(=O)CC(SC)C1=CC=CCC1)c1cn(-c2cccnc2)nc1C. The summed E-state index contributed by atoms with van der Waals surface area (Å²) >= 11 is 1.76. The van der Waals surface area contributed by atoms with Crippen molar-refractivity contribution in [3.8, 4) is 5.69 Å². The molecule has 0 bridgehead atoms. The maximum Gasteiger partial charge on any atom is 0.228 e. The van der Waals surface area contributed by atoms with Crippen LogP contribution in [0.4, 0.5) is 5.69 Å². The van der Waals surface area contributed by atoms with E-state index in [2.05, 4.69) is 34.6 Å². The highest BCUT2D eigenvalue weighted by atomic mass is 32.2. The van der Waals surface area contributed by atoms with Gasteiger partial charge in [0.1, 0.15) is 0 Å². The smallest absolute Gasteiger partial charge is 0.228 e. The van der Waals surface area contributed by atoms with Gasteiger partial charge in [-0.1, -0.05) is 23.8 Å². The van der Waals surface area contributed by atoms with Crippen molar-refractivity contribution in [2.45, 2.75) is 38.4 Å². The van der Waals surface area contributed by atoms with Crippen LogP contribution < -0.4 is 4.90 Å². The second kappa shape index (κ2) is 9.04. The van der Waals surface area contributed by atoms with E-state index in [1.807, 2.05) is 37.1 Å². The molecule has 0 aliphatic heterocycles. The van der Waals surface area contributed by atoms with Crippen molar-refractivity contribution >= 4 is 23.4 Å². The van der Waals surface area contributed by atoms with E-state index in [-0.39, 0.29) is 11.2 Å². The molecule has 0 radical (unpaired) electrons. The van der Waals surface area contributed by atoms with Crippen molar-refractivity contribution in [3.05, 3.63) is 60.2 Å². The summed E-state index contributed by atoms with van der Waals surface area (Å²) in [5.74, 6) is 0.140. The molecule has 1 unspecified atom stereocenters. The normalized spacial score (nSPS) is 14.7. The van der Waals surface area contributed by atoms with E-state index in [0.717, 1.165) is 29.9 Å². The molecule has 0 saturated carbocycles. The molecule has 27 heavy (non-hydrogen) atoms. The minimum Gasteiger partial charge on any atom is -0.309 e. The molecule has 2 heterocycles. The van der Waals surface area contributed by atoms with Crippen LogP contribution in [0.1, 0.15) is 31.9 Å². The molecule has 0 fully saturated rings. The molecule has 5 nitrogen and oxygen atoms in total. The molecule has 0 aromatic carbocycles. The summed E-state index contributed by atoms with van der Waals surface area (Å²) in [7, 11) is 0. The quantitative estimate of drug-likeness (QED) is 0.715. The number of amides is 1. The van der Waals surface area contributed by atoms with E-state index in [0.29, 0.717) is 13.0 Å². The van der Waals surface area contributed by atoms with Crippen LogP contribution in [0.5, 0.6) is 0 Å². The first-order valence-electron chi connectivity index (χ1n) is 9.29. The zero-order chi connectivity index (χ0) is 19.2. The largest absolute Gasteiger partial charge is 0.309 e. The molecule has 0 N–H and O–H groups in total. The lowest BCUT2D eigenvalue weighted by molar-refractivity contribution is -0.118. The maximum absolute atomic E-state index is 13.1. The Morgan fingerprint density at radius 3 is 2.93 bits per heavy atom. The Morgan fingerprint density at radius 2 is 2.30 bits per heavy atom. The molecule has 1 atom stereocenters. The van der Waals surface area contributed by atoms with Crippen LogP contribution in [0.25, 0.3) is 5.69 Å². The topological polar surface area (TPSA) is 51.0 Å². The van der Waals surface area contributed by atoms with Gasteiger partial charge in [0.15, 0.2) is 0 Å². The summed E-state index contributed by atoms with van der Waals surface area (Å²) < 4.78 is 1.79. The molecule has 1 aliphatic carbocycles. The van der Waals surface area contributed by atoms with Crippen molar-refractivity contribution in [1.29, 1.82) is 0 Å². The summed E-state index contributed by atoms with van der Waals surface area (Å²) in [5, 5.41) is 4.81. The number of hydrogen-bond acceptors (Lipinski definition) is 4. The monoisotopic (exact) mass is 382 g/mol. The summed E-state index contributed by atoms with van der Waals surface area (Å²) in [6, 6.07) is 3.83. The first-order valence-corrected chi connectivity index (χ1v) is 10.6. The third-order valence-corrected chi connectivity index (χ3v) is 5.83. The average Bonchev–Trinajstić information content (AvgIpc) is 3.09. The van der Waals surface area contributed by atoms with Crippen LogP contribution >= 0.6 is 11.8 Å². The molecule has 2 aromatic rings. The van der Waals surface area contributed by atoms with Gasteiger partial charge in [-0.15, -0.1) is 0 Å². The van der Waals surface area contributed by atoms with Crippen LogP contribution in [-0.2, 0) is 4.79 Å². The fourth-order valence-electron chi connectivity index (χ4n) is 3.34.